The van der Waals surface area contributed by atoms with Crippen LogP contribution in [-0.4, -0.2) is 12.5 Å². The third-order valence-corrected chi connectivity index (χ3v) is 4.25. The van der Waals surface area contributed by atoms with Crippen LogP contribution in [0.5, 0.6) is 0 Å². The van der Waals surface area contributed by atoms with Crippen LogP contribution in [0.2, 0.25) is 0 Å². The van der Waals surface area contributed by atoms with Gasteiger partial charge in [0.2, 0.25) is 5.91 Å². The minimum absolute atomic E-state index is 0.0685. The van der Waals surface area contributed by atoms with Crippen molar-refractivity contribution in [2.45, 2.75) is 33.1 Å². The molecule has 0 heterocycles. The summed E-state index contributed by atoms with van der Waals surface area (Å²) < 4.78 is 0.958. The first-order chi connectivity index (χ1) is 10.8. The monoisotopic (exact) mass is 374 g/mol. The van der Waals surface area contributed by atoms with Crippen molar-refractivity contribution < 1.29 is 4.79 Å². The zero-order chi connectivity index (χ0) is 17.0. The zero-order valence-corrected chi connectivity index (χ0v) is 15.6. The van der Waals surface area contributed by atoms with E-state index in [4.69, 9.17) is 0 Å². The SMILES string of the molecule is Cc1ccc(NCC(=O)Nc2ccc(C(C)(C)C)cc2)c(Br)c1. The number of hydrogen-bond acceptors (Lipinski definition) is 2. The lowest BCUT2D eigenvalue weighted by Crippen LogP contribution is -2.22. The van der Waals surface area contributed by atoms with Crippen molar-refractivity contribution in [3.05, 3.63) is 58.1 Å². The molecule has 4 heteroatoms. The molecule has 0 aliphatic heterocycles. The van der Waals surface area contributed by atoms with Crippen LogP contribution in [0, 0.1) is 6.92 Å². The first-order valence-electron chi connectivity index (χ1n) is 7.66. The van der Waals surface area contributed by atoms with Crippen molar-refractivity contribution in [1.29, 1.82) is 0 Å². The van der Waals surface area contributed by atoms with Gasteiger partial charge in [0.1, 0.15) is 0 Å². The lowest BCUT2D eigenvalue weighted by Gasteiger charge is -2.19. The van der Waals surface area contributed by atoms with E-state index in [-0.39, 0.29) is 17.9 Å². The van der Waals surface area contributed by atoms with Crippen LogP contribution in [0.25, 0.3) is 0 Å². The molecule has 2 aromatic rings. The number of carbonyl (C=O) groups is 1. The van der Waals surface area contributed by atoms with Gasteiger partial charge in [0.05, 0.1) is 6.54 Å². The Bertz CT molecular complexity index is 688. The van der Waals surface area contributed by atoms with Crippen molar-refractivity contribution in [3.63, 3.8) is 0 Å². The fourth-order valence-corrected chi connectivity index (χ4v) is 2.83. The maximum Gasteiger partial charge on any atom is 0.243 e. The Balaban J connectivity index is 1.92. The van der Waals surface area contributed by atoms with E-state index >= 15 is 0 Å². The van der Waals surface area contributed by atoms with Crippen LogP contribution in [0.15, 0.2) is 46.9 Å². The molecule has 0 bridgehead atoms. The van der Waals surface area contributed by atoms with E-state index in [2.05, 4.69) is 59.5 Å². The molecular formula is C19H23BrN2O. The molecule has 2 rings (SSSR count). The van der Waals surface area contributed by atoms with Crippen molar-refractivity contribution in [1.82, 2.24) is 0 Å². The molecule has 0 atom stereocenters. The number of aryl methyl sites for hydroxylation is 1. The molecule has 0 radical (unpaired) electrons. The summed E-state index contributed by atoms with van der Waals surface area (Å²) in [5.74, 6) is -0.0685. The van der Waals surface area contributed by atoms with E-state index in [1.165, 1.54) is 11.1 Å². The van der Waals surface area contributed by atoms with Crippen LogP contribution >= 0.6 is 15.9 Å². The molecular weight excluding hydrogens is 352 g/mol. The van der Waals surface area contributed by atoms with Crippen molar-refractivity contribution >= 4 is 33.2 Å². The van der Waals surface area contributed by atoms with Crippen molar-refractivity contribution in [2.24, 2.45) is 0 Å². The summed E-state index contributed by atoms with van der Waals surface area (Å²) in [6, 6.07) is 14.0. The maximum absolute atomic E-state index is 12.1. The predicted octanol–water partition coefficient (Wildman–Crippen LogP) is 5.11. The van der Waals surface area contributed by atoms with Gasteiger partial charge in [0, 0.05) is 15.8 Å². The highest BCUT2D eigenvalue weighted by Gasteiger charge is 2.13. The third kappa shape index (κ3) is 5.10. The highest BCUT2D eigenvalue weighted by Crippen LogP contribution is 2.24. The second kappa shape index (κ2) is 7.18. The average molecular weight is 375 g/mol. The minimum atomic E-state index is -0.0685. The van der Waals surface area contributed by atoms with Gasteiger partial charge in [-0.1, -0.05) is 39.0 Å². The number of amides is 1. The summed E-state index contributed by atoms with van der Waals surface area (Å²) in [7, 11) is 0. The van der Waals surface area contributed by atoms with E-state index < -0.39 is 0 Å². The predicted molar refractivity (Wildman–Crippen MR) is 101 cm³/mol. The fourth-order valence-electron chi connectivity index (χ4n) is 2.20. The molecule has 0 aliphatic rings. The highest BCUT2D eigenvalue weighted by molar-refractivity contribution is 9.10. The Morgan fingerprint density at radius 1 is 1.09 bits per heavy atom. The number of rotatable bonds is 4. The molecule has 0 saturated carbocycles. The number of halogens is 1. The largest absolute Gasteiger partial charge is 0.375 e. The molecule has 0 spiro atoms. The molecule has 122 valence electrons. The second-order valence-corrected chi connectivity index (χ2v) is 7.57. The van der Waals surface area contributed by atoms with Crippen LogP contribution in [0.1, 0.15) is 31.9 Å². The number of benzene rings is 2. The second-order valence-electron chi connectivity index (χ2n) is 6.71. The van der Waals surface area contributed by atoms with Gasteiger partial charge in [0.25, 0.3) is 0 Å². The van der Waals surface area contributed by atoms with Crippen LogP contribution in [-0.2, 0) is 10.2 Å². The number of carbonyl (C=O) groups excluding carboxylic acids is 1. The van der Waals surface area contributed by atoms with Crippen molar-refractivity contribution in [2.75, 3.05) is 17.2 Å². The van der Waals surface area contributed by atoms with Gasteiger partial charge < -0.3 is 10.6 Å². The van der Waals surface area contributed by atoms with Gasteiger partial charge in [0.15, 0.2) is 0 Å². The Labute approximate surface area is 146 Å². The number of hydrogen-bond donors (Lipinski definition) is 2. The number of nitrogens with one attached hydrogen (secondary N) is 2. The van der Waals surface area contributed by atoms with E-state index in [0.29, 0.717) is 0 Å². The van der Waals surface area contributed by atoms with Crippen LogP contribution < -0.4 is 10.6 Å². The van der Waals surface area contributed by atoms with Crippen LogP contribution in [0.3, 0.4) is 0 Å². The molecule has 0 aromatic heterocycles. The summed E-state index contributed by atoms with van der Waals surface area (Å²) in [6.07, 6.45) is 0. The lowest BCUT2D eigenvalue weighted by atomic mass is 9.87. The first kappa shape index (κ1) is 17.5. The first-order valence-corrected chi connectivity index (χ1v) is 8.45. The topological polar surface area (TPSA) is 41.1 Å². The summed E-state index contributed by atoms with van der Waals surface area (Å²) in [6.45, 7) is 8.77. The Morgan fingerprint density at radius 3 is 2.30 bits per heavy atom. The van der Waals surface area contributed by atoms with E-state index in [0.717, 1.165) is 15.8 Å². The summed E-state index contributed by atoms with van der Waals surface area (Å²) in [5.41, 5.74) is 4.26. The van der Waals surface area contributed by atoms with E-state index in [1.807, 2.05) is 37.3 Å². The average Bonchev–Trinajstić information content (AvgIpc) is 2.46. The van der Waals surface area contributed by atoms with Crippen LogP contribution in [0.4, 0.5) is 11.4 Å². The molecule has 2 N–H and O–H groups in total. The quantitative estimate of drug-likeness (QED) is 0.780. The summed E-state index contributed by atoms with van der Waals surface area (Å²) in [5, 5.41) is 6.04. The normalized spacial score (nSPS) is 11.2. The van der Waals surface area contributed by atoms with Gasteiger partial charge >= 0.3 is 0 Å². The van der Waals surface area contributed by atoms with E-state index in [1.54, 1.807) is 0 Å². The molecule has 23 heavy (non-hydrogen) atoms. The molecule has 0 aliphatic carbocycles. The van der Waals surface area contributed by atoms with E-state index in [9.17, 15) is 4.79 Å². The Kier molecular flexibility index (Phi) is 5.47. The Hall–Kier alpha value is -1.81. The lowest BCUT2D eigenvalue weighted by molar-refractivity contribution is -0.114. The standard InChI is InChI=1S/C19H23BrN2O/c1-13-5-10-17(16(20)11-13)21-12-18(23)22-15-8-6-14(7-9-15)19(2,3)4/h5-11,21H,12H2,1-4H3,(H,22,23). The summed E-state index contributed by atoms with van der Waals surface area (Å²) >= 11 is 3.50. The van der Waals surface area contributed by atoms with Gasteiger partial charge in [-0.05, 0) is 63.7 Å². The third-order valence-electron chi connectivity index (χ3n) is 3.60. The molecule has 0 unspecified atom stereocenters. The van der Waals surface area contributed by atoms with Gasteiger partial charge in [-0.25, -0.2) is 0 Å². The number of anilines is 2. The molecule has 3 nitrogen and oxygen atoms in total. The summed E-state index contributed by atoms with van der Waals surface area (Å²) in [4.78, 5) is 12.1. The van der Waals surface area contributed by atoms with Crippen molar-refractivity contribution in [3.8, 4) is 0 Å². The molecule has 0 fully saturated rings. The molecule has 0 saturated heterocycles. The highest BCUT2D eigenvalue weighted by atomic mass is 79.9. The maximum atomic E-state index is 12.1. The van der Waals surface area contributed by atoms with Gasteiger partial charge in [-0.15, -0.1) is 0 Å². The molecule has 1 amide bonds. The zero-order valence-electron chi connectivity index (χ0n) is 14.0. The minimum Gasteiger partial charge on any atom is -0.375 e. The van der Waals surface area contributed by atoms with Gasteiger partial charge in [-0.2, -0.15) is 0 Å². The molecule has 2 aromatic carbocycles. The fraction of sp³-hybridized carbons (Fsp3) is 0.316. The van der Waals surface area contributed by atoms with Gasteiger partial charge in [-0.3, -0.25) is 4.79 Å². The Morgan fingerprint density at radius 2 is 1.74 bits per heavy atom. The smallest absolute Gasteiger partial charge is 0.243 e.